The van der Waals surface area contributed by atoms with Crippen LogP contribution in [-0.2, 0) is 4.79 Å². The Kier molecular flexibility index (Phi) is 6.97. The molecule has 0 radical (unpaired) electrons. The van der Waals surface area contributed by atoms with Crippen LogP contribution in [0.4, 0.5) is 11.4 Å². The predicted octanol–water partition coefficient (Wildman–Crippen LogP) is 0.729. The van der Waals surface area contributed by atoms with Gasteiger partial charge in [0.15, 0.2) is 5.96 Å². The van der Waals surface area contributed by atoms with E-state index in [-0.39, 0.29) is 47.8 Å². The Morgan fingerprint density at radius 3 is 1.97 bits per heavy atom. The second-order valence-electron chi connectivity index (χ2n) is 8.64. The second kappa shape index (κ2) is 10.1. The minimum Gasteiger partial charge on any atom is -0.507 e. The van der Waals surface area contributed by atoms with Crippen LogP contribution in [0.2, 0.25) is 0 Å². The fourth-order valence-electron chi connectivity index (χ4n) is 4.58. The maximum atomic E-state index is 13.5. The van der Waals surface area contributed by atoms with E-state index in [2.05, 4.69) is 16.0 Å². The molecule has 2 aliphatic rings. The summed E-state index contributed by atoms with van der Waals surface area (Å²) in [5.41, 5.74) is 5.97. The highest BCUT2D eigenvalue weighted by molar-refractivity contribution is 6.33. The third-order valence-electron chi connectivity index (χ3n) is 6.36. The highest BCUT2D eigenvalue weighted by atomic mass is 16.4. The van der Waals surface area contributed by atoms with Crippen molar-refractivity contribution in [2.75, 3.05) is 43.4 Å². The van der Waals surface area contributed by atoms with Crippen molar-refractivity contribution in [3.63, 3.8) is 0 Å². The van der Waals surface area contributed by atoms with E-state index in [0.717, 1.165) is 12.1 Å². The van der Waals surface area contributed by atoms with Crippen molar-refractivity contribution in [1.29, 1.82) is 5.41 Å². The van der Waals surface area contributed by atoms with Gasteiger partial charge in [0.25, 0.3) is 0 Å². The van der Waals surface area contributed by atoms with Crippen molar-refractivity contribution in [3.05, 3.63) is 46.5 Å². The van der Waals surface area contributed by atoms with E-state index >= 15 is 0 Å². The van der Waals surface area contributed by atoms with Gasteiger partial charge in [-0.3, -0.25) is 19.8 Å². The predicted molar refractivity (Wildman–Crippen MR) is 132 cm³/mol. The van der Waals surface area contributed by atoms with Crippen LogP contribution in [0.5, 0.6) is 11.5 Å². The number of phenolic OH excluding ortho intramolecular Hbond substituents is 2. The van der Waals surface area contributed by atoms with Crippen molar-refractivity contribution < 1.29 is 29.7 Å². The summed E-state index contributed by atoms with van der Waals surface area (Å²) in [5.74, 6) is -3.23. The standard InChI is InChI=1S/C24H28N6O6/c25-24(26)30-10-1-2-14(23(35)36)28-8-7-27-12-3-4-13(29-9-11-30)18-17(12)21(33)19-15(31)5-6-16(32)20(19)22(18)34/h3-6,14,27-29,31-32H,1-2,7-11H2,(H3,25,26)(H,35,36)/t14-/m0/s1. The van der Waals surface area contributed by atoms with Crippen molar-refractivity contribution in [2.24, 2.45) is 5.73 Å². The Labute approximate surface area is 206 Å². The molecule has 1 heterocycles. The van der Waals surface area contributed by atoms with Gasteiger partial charge in [-0.05, 0) is 37.1 Å². The summed E-state index contributed by atoms with van der Waals surface area (Å²) >= 11 is 0. The summed E-state index contributed by atoms with van der Waals surface area (Å²) in [6, 6.07) is 4.77. The number of aliphatic carboxylic acids is 1. The number of aromatic hydroxyl groups is 2. The highest BCUT2D eigenvalue weighted by Crippen LogP contribution is 2.42. The summed E-state index contributed by atoms with van der Waals surface area (Å²) < 4.78 is 0. The lowest BCUT2D eigenvalue weighted by Gasteiger charge is -2.27. The first kappa shape index (κ1) is 24.8. The first-order chi connectivity index (χ1) is 17.2. The van der Waals surface area contributed by atoms with Gasteiger partial charge < -0.3 is 41.9 Å². The number of nitrogens with zero attached hydrogens (tertiary/aromatic N) is 1. The van der Waals surface area contributed by atoms with E-state index in [1.165, 1.54) is 0 Å². The van der Waals surface area contributed by atoms with Crippen LogP contribution < -0.4 is 21.7 Å². The Morgan fingerprint density at radius 2 is 1.44 bits per heavy atom. The number of hydrogen-bond acceptors (Lipinski definition) is 9. The summed E-state index contributed by atoms with van der Waals surface area (Å²) in [7, 11) is 0. The van der Waals surface area contributed by atoms with Crippen LogP contribution >= 0.6 is 0 Å². The molecular weight excluding hydrogens is 468 g/mol. The molecule has 12 heteroatoms. The average Bonchev–Trinajstić information content (AvgIpc) is 2.83. The molecule has 36 heavy (non-hydrogen) atoms. The maximum Gasteiger partial charge on any atom is 0.320 e. The molecule has 0 unspecified atom stereocenters. The van der Waals surface area contributed by atoms with Gasteiger partial charge in [0, 0.05) is 44.1 Å². The van der Waals surface area contributed by atoms with E-state index in [0.29, 0.717) is 37.3 Å². The molecule has 4 rings (SSSR count). The maximum absolute atomic E-state index is 13.5. The van der Waals surface area contributed by atoms with Gasteiger partial charge in [-0.1, -0.05) is 0 Å². The minimum atomic E-state index is -0.999. The molecule has 1 atom stereocenters. The molecule has 0 saturated carbocycles. The van der Waals surface area contributed by atoms with Crippen LogP contribution in [0, 0.1) is 5.41 Å². The van der Waals surface area contributed by atoms with Gasteiger partial charge in [-0.2, -0.15) is 0 Å². The number of anilines is 2. The molecule has 0 amide bonds. The number of nitrogens with two attached hydrogens (primary N) is 1. The fraction of sp³-hybridized carbons (Fsp3) is 0.333. The topological polar surface area (TPSA) is 201 Å². The summed E-state index contributed by atoms with van der Waals surface area (Å²) in [4.78, 5) is 40.3. The Hall–Kier alpha value is -4.32. The van der Waals surface area contributed by atoms with Crippen molar-refractivity contribution in [1.82, 2.24) is 10.2 Å². The lowest BCUT2D eigenvalue weighted by molar-refractivity contribution is -0.139. The Bertz CT molecular complexity index is 1250. The average molecular weight is 497 g/mol. The monoisotopic (exact) mass is 496 g/mol. The van der Waals surface area contributed by atoms with E-state index < -0.39 is 35.1 Å². The number of carbonyl (C=O) groups is 3. The van der Waals surface area contributed by atoms with E-state index in [1.807, 2.05) is 0 Å². The molecular formula is C24H28N6O6. The highest BCUT2D eigenvalue weighted by Gasteiger charge is 2.38. The molecule has 1 aliphatic heterocycles. The number of benzene rings is 2. The van der Waals surface area contributed by atoms with Gasteiger partial charge in [0.2, 0.25) is 11.6 Å². The molecule has 0 fully saturated rings. The Balaban J connectivity index is 1.76. The smallest absolute Gasteiger partial charge is 0.320 e. The van der Waals surface area contributed by atoms with Crippen molar-refractivity contribution >= 4 is 34.9 Å². The summed E-state index contributed by atoms with van der Waals surface area (Å²) in [6.45, 7) is 1.44. The number of rotatable bonds is 1. The first-order valence-electron chi connectivity index (χ1n) is 11.5. The molecule has 0 saturated heterocycles. The fourth-order valence-corrected chi connectivity index (χ4v) is 4.58. The van der Waals surface area contributed by atoms with Crippen LogP contribution in [0.1, 0.15) is 44.7 Å². The Morgan fingerprint density at radius 1 is 0.889 bits per heavy atom. The number of ketones is 2. The first-order valence-corrected chi connectivity index (χ1v) is 11.5. The third kappa shape index (κ3) is 4.62. The molecule has 12 nitrogen and oxygen atoms in total. The number of phenols is 2. The SMILES string of the molecule is N=C(N)N1CCC[C@@H](C(=O)O)NCCNc2ccc(c3c2C(=O)c2c(O)ccc(O)c2C3=O)NCC1. The molecule has 190 valence electrons. The molecule has 0 spiro atoms. The zero-order chi connectivity index (χ0) is 26.0. The number of carbonyl (C=O) groups excluding carboxylic acids is 2. The largest absolute Gasteiger partial charge is 0.507 e. The van der Waals surface area contributed by atoms with Gasteiger partial charge in [-0.25, -0.2) is 0 Å². The van der Waals surface area contributed by atoms with Crippen LogP contribution in [0.3, 0.4) is 0 Å². The van der Waals surface area contributed by atoms with Crippen LogP contribution in [0.25, 0.3) is 0 Å². The molecule has 2 bridgehead atoms. The van der Waals surface area contributed by atoms with Gasteiger partial charge >= 0.3 is 5.97 Å². The summed E-state index contributed by atoms with van der Waals surface area (Å²) in [5, 5.41) is 47.3. The molecule has 0 aromatic heterocycles. The normalized spacial score (nSPS) is 18.6. The summed E-state index contributed by atoms with van der Waals surface area (Å²) in [6.07, 6.45) is 0.828. The van der Waals surface area contributed by atoms with E-state index in [4.69, 9.17) is 11.1 Å². The zero-order valence-corrected chi connectivity index (χ0v) is 19.4. The van der Waals surface area contributed by atoms with Gasteiger partial charge in [0.1, 0.15) is 17.5 Å². The van der Waals surface area contributed by atoms with E-state index in [9.17, 15) is 29.7 Å². The zero-order valence-electron chi connectivity index (χ0n) is 19.4. The van der Waals surface area contributed by atoms with Crippen LogP contribution in [0.15, 0.2) is 24.3 Å². The van der Waals surface area contributed by atoms with E-state index in [1.54, 1.807) is 17.0 Å². The molecule has 9 N–H and O–H groups in total. The van der Waals surface area contributed by atoms with Gasteiger partial charge in [-0.15, -0.1) is 0 Å². The number of carboxylic acids is 1. The number of fused-ring (bicyclic) bond motifs is 7. The number of hydrogen-bond donors (Lipinski definition) is 8. The second-order valence-corrected chi connectivity index (χ2v) is 8.64. The molecule has 2 aromatic rings. The number of guanidine groups is 1. The molecule has 1 aliphatic carbocycles. The lowest BCUT2D eigenvalue weighted by Crippen LogP contribution is -2.42. The number of carboxylic acid groups (broad SMARTS) is 1. The quantitative estimate of drug-likeness (QED) is 0.134. The lowest BCUT2D eigenvalue weighted by atomic mass is 9.81. The van der Waals surface area contributed by atoms with Crippen molar-refractivity contribution in [2.45, 2.75) is 18.9 Å². The third-order valence-corrected chi connectivity index (χ3v) is 6.36. The number of nitrogens with one attached hydrogen (secondary N) is 4. The van der Waals surface area contributed by atoms with Crippen LogP contribution in [-0.4, -0.2) is 82.5 Å². The minimum absolute atomic E-state index is 0.0451. The van der Waals surface area contributed by atoms with Gasteiger partial charge in [0.05, 0.1) is 22.3 Å². The van der Waals surface area contributed by atoms with Crippen molar-refractivity contribution in [3.8, 4) is 11.5 Å². The molecule has 2 aromatic carbocycles.